The average Bonchev–Trinajstić information content (AvgIpc) is 3.24. The molecule has 0 spiro atoms. The van der Waals surface area contributed by atoms with E-state index >= 15 is 0 Å². The minimum Gasteiger partial charge on any atom is -0.481 e. The smallest absolute Gasteiger partial charge is 0.303 e. The van der Waals surface area contributed by atoms with Gasteiger partial charge >= 0.3 is 5.97 Å². The first-order valence-corrected chi connectivity index (χ1v) is 8.40. The second-order valence-corrected chi connectivity index (χ2v) is 6.25. The Morgan fingerprint density at radius 3 is 2.65 bits per heavy atom. The maximum absolute atomic E-state index is 11.0. The number of H-pyrrole nitrogens is 1. The molecule has 2 aromatic heterocycles. The fraction of sp³-hybridized carbons (Fsp3) is 0.105. The number of benzene rings is 2. The predicted octanol–water partition coefficient (Wildman–Crippen LogP) is 4.56. The van der Waals surface area contributed by atoms with Crippen LogP contribution in [0.5, 0.6) is 0 Å². The topological polar surface area (TPSA) is 92.0 Å². The molecule has 4 aromatic rings. The molecule has 2 heterocycles. The molecular weight excluding hydrogens is 354 g/mol. The highest BCUT2D eigenvalue weighted by molar-refractivity contribution is 6.30. The van der Waals surface area contributed by atoms with Crippen molar-refractivity contribution >= 4 is 28.5 Å². The summed E-state index contributed by atoms with van der Waals surface area (Å²) in [6, 6.07) is 14.9. The summed E-state index contributed by atoms with van der Waals surface area (Å²) in [5.41, 5.74) is 2.88. The van der Waals surface area contributed by atoms with Crippen molar-refractivity contribution < 1.29 is 14.3 Å². The van der Waals surface area contributed by atoms with E-state index in [2.05, 4.69) is 15.2 Å². The van der Waals surface area contributed by atoms with Gasteiger partial charge in [0, 0.05) is 22.4 Å². The predicted molar refractivity (Wildman–Crippen MR) is 98.0 cm³/mol. The minimum atomic E-state index is -0.893. The van der Waals surface area contributed by atoms with Crippen LogP contribution in [0.15, 0.2) is 52.9 Å². The lowest BCUT2D eigenvalue weighted by atomic mass is 10.1. The van der Waals surface area contributed by atoms with Gasteiger partial charge in [0.2, 0.25) is 5.89 Å². The number of nitrogens with one attached hydrogen (secondary N) is 1. The van der Waals surface area contributed by atoms with E-state index in [4.69, 9.17) is 21.1 Å². The number of nitrogens with zero attached hydrogens (tertiary/aromatic N) is 2. The van der Waals surface area contributed by atoms with Gasteiger partial charge in [-0.25, -0.2) is 4.98 Å². The largest absolute Gasteiger partial charge is 0.481 e. The Hall–Kier alpha value is -3.12. The van der Waals surface area contributed by atoms with Crippen LogP contribution in [0.3, 0.4) is 0 Å². The number of aromatic amines is 1. The molecule has 2 aromatic carbocycles. The van der Waals surface area contributed by atoms with Crippen LogP contribution in [-0.4, -0.2) is 26.3 Å². The lowest BCUT2D eigenvalue weighted by Crippen LogP contribution is -1.97. The van der Waals surface area contributed by atoms with E-state index < -0.39 is 5.97 Å². The molecule has 0 saturated carbocycles. The van der Waals surface area contributed by atoms with Crippen LogP contribution < -0.4 is 0 Å². The summed E-state index contributed by atoms with van der Waals surface area (Å²) in [5.74, 6) is -0.0279. The van der Waals surface area contributed by atoms with Gasteiger partial charge in [-0.2, -0.15) is 5.10 Å². The van der Waals surface area contributed by atoms with Crippen molar-refractivity contribution in [2.24, 2.45) is 0 Å². The Labute approximate surface area is 153 Å². The molecular formula is C19H14ClN3O3. The zero-order valence-corrected chi connectivity index (χ0v) is 14.3. The summed E-state index contributed by atoms with van der Waals surface area (Å²) in [6.07, 6.45) is 0.194. The van der Waals surface area contributed by atoms with E-state index in [0.29, 0.717) is 28.1 Å². The zero-order chi connectivity index (χ0) is 18.1. The van der Waals surface area contributed by atoms with Crippen molar-refractivity contribution in [3.8, 4) is 22.8 Å². The quantitative estimate of drug-likeness (QED) is 0.539. The number of halogens is 1. The van der Waals surface area contributed by atoms with Crippen LogP contribution in [0, 0.1) is 0 Å². The highest BCUT2D eigenvalue weighted by Gasteiger charge is 2.20. The number of carboxylic acid groups (broad SMARTS) is 1. The average molecular weight is 368 g/mol. The Balaban J connectivity index is 1.82. The van der Waals surface area contributed by atoms with Crippen LogP contribution in [0.4, 0.5) is 0 Å². The maximum Gasteiger partial charge on any atom is 0.303 e. The first-order valence-electron chi connectivity index (χ1n) is 8.03. The van der Waals surface area contributed by atoms with Gasteiger partial charge in [0.25, 0.3) is 0 Å². The van der Waals surface area contributed by atoms with Gasteiger partial charge in [0.1, 0.15) is 11.5 Å². The Bertz CT molecular complexity index is 1080. The minimum absolute atomic E-state index is 0.0451. The molecule has 26 heavy (non-hydrogen) atoms. The third-order valence-corrected chi connectivity index (χ3v) is 4.31. The van der Waals surface area contributed by atoms with Crippen molar-refractivity contribution in [1.29, 1.82) is 0 Å². The highest BCUT2D eigenvalue weighted by Crippen LogP contribution is 2.32. The van der Waals surface area contributed by atoms with Crippen molar-refractivity contribution in [1.82, 2.24) is 15.2 Å². The number of hydrogen-bond donors (Lipinski definition) is 2. The molecule has 130 valence electrons. The second-order valence-electron chi connectivity index (χ2n) is 5.81. The standard InChI is InChI=1S/C19H14ClN3O3/c20-12-7-5-11(6-8-12)17-15(9-10-16(24)25)26-19(21-17)18-13-3-1-2-4-14(13)22-23-18/h1-8H,9-10H2,(H,22,23)(H,24,25). The van der Waals surface area contributed by atoms with E-state index in [-0.39, 0.29) is 12.8 Å². The normalized spacial score (nSPS) is 11.1. The molecule has 2 N–H and O–H groups in total. The third-order valence-electron chi connectivity index (χ3n) is 4.05. The molecule has 0 radical (unpaired) electrons. The van der Waals surface area contributed by atoms with Gasteiger partial charge in [0.15, 0.2) is 5.69 Å². The number of carbonyl (C=O) groups is 1. The monoisotopic (exact) mass is 367 g/mol. The number of fused-ring (bicyclic) bond motifs is 1. The van der Waals surface area contributed by atoms with E-state index in [0.717, 1.165) is 16.5 Å². The first kappa shape index (κ1) is 16.4. The molecule has 0 aliphatic rings. The van der Waals surface area contributed by atoms with Crippen LogP contribution in [0.1, 0.15) is 12.2 Å². The number of aryl methyl sites for hydroxylation is 1. The molecule has 4 rings (SSSR count). The molecule has 7 heteroatoms. The second kappa shape index (κ2) is 6.65. The van der Waals surface area contributed by atoms with E-state index in [9.17, 15) is 4.79 Å². The Morgan fingerprint density at radius 2 is 1.88 bits per heavy atom. The van der Waals surface area contributed by atoms with Crippen molar-refractivity contribution in [2.75, 3.05) is 0 Å². The van der Waals surface area contributed by atoms with Gasteiger partial charge in [-0.1, -0.05) is 41.9 Å². The summed E-state index contributed by atoms with van der Waals surface area (Å²) in [5, 5.41) is 17.8. The van der Waals surface area contributed by atoms with Crippen molar-refractivity contribution in [2.45, 2.75) is 12.8 Å². The number of rotatable bonds is 5. The first-order chi connectivity index (χ1) is 12.6. The van der Waals surface area contributed by atoms with Crippen LogP contribution in [0.25, 0.3) is 33.7 Å². The summed E-state index contributed by atoms with van der Waals surface area (Å²) in [6.45, 7) is 0. The lowest BCUT2D eigenvalue weighted by Gasteiger charge is -2.00. The Morgan fingerprint density at radius 1 is 1.12 bits per heavy atom. The molecule has 0 saturated heterocycles. The SMILES string of the molecule is O=C(O)CCc1oc(-c2n[nH]c3ccccc23)nc1-c1ccc(Cl)cc1. The van der Waals surface area contributed by atoms with Crippen LogP contribution in [0.2, 0.25) is 5.02 Å². The van der Waals surface area contributed by atoms with E-state index in [1.54, 1.807) is 12.1 Å². The molecule has 6 nitrogen and oxygen atoms in total. The number of para-hydroxylation sites is 1. The van der Waals surface area contributed by atoms with E-state index in [1.165, 1.54) is 0 Å². The van der Waals surface area contributed by atoms with Gasteiger partial charge < -0.3 is 9.52 Å². The lowest BCUT2D eigenvalue weighted by molar-refractivity contribution is -0.137. The number of hydrogen-bond acceptors (Lipinski definition) is 4. The molecule has 0 fully saturated rings. The molecule has 0 amide bonds. The third kappa shape index (κ3) is 3.07. The zero-order valence-electron chi connectivity index (χ0n) is 13.6. The van der Waals surface area contributed by atoms with Crippen LogP contribution in [-0.2, 0) is 11.2 Å². The maximum atomic E-state index is 11.0. The fourth-order valence-electron chi connectivity index (χ4n) is 2.80. The van der Waals surface area contributed by atoms with E-state index in [1.807, 2.05) is 36.4 Å². The van der Waals surface area contributed by atoms with Gasteiger partial charge in [-0.3, -0.25) is 9.89 Å². The van der Waals surface area contributed by atoms with Gasteiger partial charge in [-0.05, 0) is 18.2 Å². The van der Waals surface area contributed by atoms with Gasteiger partial charge in [-0.15, -0.1) is 0 Å². The summed E-state index contributed by atoms with van der Waals surface area (Å²) >= 11 is 5.96. The van der Waals surface area contributed by atoms with Crippen molar-refractivity contribution in [3.63, 3.8) is 0 Å². The summed E-state index contributed by atoms with van der Waals surface area (Å²) < 4.78 is 5.91. The summed E-state index contributed by atoms with van der Waals surface area (Å²) in [7, 11) is 0. The fourth-order valence-corrected chi connectivity index (χ4v) is 2.93. The number of oxazole rings is 1. The van der Waals surface area contributed by atoms with Crippen LogP contribution >= 0.6 is 11.6 Å². The van der Waals surface area contributed by atoms with Gasteiger partial charge in [0.05, 0.1) is 11.9 Å². The molecule has 0 aliphatic heterocycles. The Kier molecular flexibility index (Phi) is 4.18. The molecule has 0 aliphatic carbocycles. The summed E-state index contributed by atoms with van der Waals surface area (Å²) in [4.78, 5) is 15.6. The number of aromatic nitrogens is 3. The molecule has 0 bridgehead atoms. The molecule has 0 atom stereocenters. The molecule has 0 unspecified atom stereocenters. The number of carboxylic acids is 1. The number of aliphatic carboxylic acids is 1. The van der Waals surface area contributed by atoms with Crippen molar-refractivity contribution in [3.05, 3.63) is 59.3 Å². The highest BCUT2D eigenvalue weighted by atomic mass is 35.5.